The van der Waals surface area contributed by atoms with Gasteiger partial charge in [-0.3, -0.25) is 4.79 Å². The molecule has 1 N–H and O–H groups in total. The number of rotatable bonds is 3. The zero-order chi connectivity index (χ0) is 12.8. The highest BCUT2D eigenvalue weighted by Gasteiger charge is 2.66. The van der Waals surface area contributed by atoms with Gasteiger partial charge in [-0.15, -0.1) is 0 Å². The minimum absolute atomic E-state index is 0.278. The van der Waals surface area contributed by atoms with Crippen LogP contribution < -0.4 is 0 Å². The number of carboxylic acid groups (broad SMARTS) is 1. The molecule has 96 valence electrons. The van der Waals surface area contributed by atoms with Crippen LogP contribution in [-0.2, 0) is 19.7 Å². The third-order valence-corrected chi connectivity index (χ3v) is 4.38. The first-order valence-corrected chi connectivity index (χ1v) is 6.07. The van der Waals surface area contributed by atoms with Crippen molar-refractivity contribution in [1.82, 2.24) is 0 Å². The van der Waals surface area contributed by atoms with Crippen LogP contribution in [0, 0.1) is 12.3 Å². The minimum atomic E-state index is -0.822. The summed E-state index contributed by atoms with van der Waals surface area (Å²) < 4.78 is 10.6. The van der Waals surface area contributed by atoms with Gasteiger partial charge in [0.15, 0.2) is 0 Å². The first-order valence-electron chi connectivity index (χ1n) is 6.07. The fourth-order valence-electron chi connectivity index (χ4n) is 3.02. The van der Waals surface area contributed by atoms with E-state index in [2.05, 4.69) is 0 Å². The van der Waals surface area contributed by atoms with Crippen LogP contribution in [0.2, 0.25) is 0 Å². The number of hydrogen-bond acceptors (Lipinski definition) is 3. The standard InChI is InChI=1S/C14H16O4/c1-10-4-2-3-5-11(10)13(6-17-7-13)14(12(15)16)8-18-9-14/h2-5H,6-9H2,1H3,(H,15,16). The number of ether oxygens (including phenoxy) is 2. The molecular weight excluding hydrogens is 232 g/mol. The molecule has 1 aromatic carbocycles. The van der Waals surface area contributed by atoms with Crippen LogP contribution in [0.1, 0.15) is 11.1 Å². The monoisotopic (exact) mass is 248 g/mol. The third kappa shape index (κ3) is 1.25. The van der Waals surface area contributed by atoms with Crippen molar-refractivity contribution in [2.24, 2.45) is 5.41 Å². The van der Waals surface area contributed by atoms with Gasteiger partial charge in [-0.1, -0.05) is 24.3 Å². The molecule has 1 aromatic rings. The van der Waals surface area contributed by atoms with Gasteiger partial charge in [0.2, 0.25) is 0 Å². The largest absolute Gasteiger partial charge is 0.481 e. The highest BCUT2D eigenvalue weighted by Crippen LogP contribution is 2.52. The third-order valence-electron chi connectivity index (χ3n) is 4.38. The maximum atomic E-state index is 11.7. The maximum Gasteiger partial charge on any atom is 0.315 e. The molecule has 3 rings (SSSR count). The van der Waals surface area contributed by atoms with Crippen LogP contribution in [0.3, 0.4) is 0 Å². The molecule has 0 radical (unpaired) electrons. The second-order valence-corrected chi connectivity index (χ2v) is 5.27. The van der Waals surface area contributed by atoms with Crippen LogP contribution in [0.5, 0.6) is 0 Å². The second kappa shape index (κ2) is 3.80. The Morgan fingerprint density at radius 3 is 2.17 bits per heavy atom. The van der Waals surface area contributed by atoms with E-state index in [1.807, 2.05) is 31.2 Å². The number of hydrogen-bond donors (Lipinski definition) is 1. The van der Waals surface area contributed by atoms with E-state index in [0.717, 1.165) is 11.1 Å². The summed E-state index contributed by atoms with van der Waals surface area (Å²) in [6.45, 7) is 3.51. The van der Waals surface area contributed by atoms with E-state index in [1.54, 1.807) is 0 Å². The Bertz CT molecular complexity index is 486. The lowest BCUT2D eigenvalue weighted by molar-refractivity contribution is -0.236. The van der Waals surface area contributed by atoms with Gasteiger partial charge in [-0.25, -0.2) is 0 Å². The molecule has 0 saturated carbocycles. The number of aryl methyl sites for hydroxylation is 1. The molecule has 2 aliphatic rings. The second-order valence-electron chi connectivity index (χ2n) is 5.27. The molecule has 0 amide bonds. The Labute approximate surface area is 106 Å². The van der Waals surface area contributed by atoms with Crippen molar-refractivity contribution in [3.63, 3.8) is 0 Å². The van der Waals surface area contributed by atoms with Crippen LogP contribution in [-0.4, -0.2) is 37.5 Å². The summed E-state index contributed by atoms with van der Waals surface area (Å²) in [4.78, 5) is 11.7. The van der Waals surface area contributed by atoms with E-state index < -0.39 is 16.8 Å². The number of benzene rings is 1. The van der Waals surface area contributed by atoms with Crippen molar-refractivity contribution in [2.45, 2.75) is 12.3 Å². The lowest BCUT2D eigenvalue weighted by Crippen LogP contribution is -2.70. The lowest BCUT2D eigenvalue weighted by atomic mass is 9.56. The molecule has 0 spiro atoms. The van der Waals surface area contributed by atoms with Gasteiger partial charge in [0.1, 0.15) is 5.41 Å². The van der Waals surface area contributed by atoms with Crippen molar-refractivity contribution in [1.29, 1.82) is 0 Å². The molecular formula is C14H16O4. The van der Waals surface area contributed by atoms with Gasteiger partial charge in [0.05, 0.1) is 31.8 Å². The first-order chi connectivity index (χ1) is 8.62. The SMILES string of the molecule is Cc1ccccc1C1(C2(C(=O)O)COC2)COC1. The topological polar surface area (TPSA) is 55.8 Å². The summed E-state index contributed by atoms with van der Waals surface area (Å²) in [5, 5.41) is 9.60. The van der Waals surface area contributed by atoms with E-state index >= 15 is 0 Å². The fourth-order valence-corrected chi connectivity index (χ4v) is 3.02. The van der Waals surface area contributed by atoms with E-state index in [9.17, 15) is 9.90 Å². The number of aliphatic carboxylic acids is 1. The Hall–Kier alpha value is -1.39. The predicted octanol–water partition coefficient (Wildman–Crippen LogP) is 1.36. The van der Waals surface area contributed by atoms with Crippen molar-refractivity contribution < 1.29 is 19.4 Å². The van der Waals surface area contributed by atoms with Gasteiger partial charge in [-0.05, 0) is 18.1 Å². The van der Waals surface area contributed by atoms with E-state index in [-0.39, 0.29) is 13.2 Å². The Morgan fingerprint density at radius 2 is 1.78 bits per heavy atom. The Kier molecular flexibility index (Phi) is 2.47. The van der Waals surface area contributed by atoms with Crippen LogP contribution >= 0.6 is 0 Å². The summed E-state index contributed by atoms with van der Waals surface area (Å²) in [5.41, 5.74) is 0.954. The van der Waals surface area contributed by atoms with Crippen molar-refractivity contribution in [3.05, 3.63) is 35.4 Å². The summed E-state index contributed by atoms with van der Waals surface area (Å²) in [6, 6.07) is 7.96. The van der Waals surface area contributed by atoms with Gasteiger partial charge in [0, 0.05) is 0 Å². The molecule has 2 saturated heterocycles. The molecule has 0 aliphatic carbocycles. The van der Waals surface area contributed by atoms with E-state index in [1.165, 1.54) is 0 Å². The van der Waals surface area contributed by atoms with E-state index in [0.29, 0.717) is 13.2 Å². The minimum Gasteiger partial charge on any atom is -0.481 e. The molecule has 2 fully saturated rings. The molecule has 0 bridgehead atoms. The zero-order valence-corrected chi connectivity index (χ0v) is 10.3. The molecule has 4 nitrogen and oxygen atoms in total. The average Bonchev–Trinajstić information content (AvgIpc) is 2.21. The van der Waals surface area contributed by atoms with Crippen molar-refractivity contribution in [2.75, 3.05) is 26.4 Å². The Balaban J connectivity index is 2.11. The lowest BCUT2D eigenvalue weighted by Gasteiger charge is -2.57. The average molecular weight is 248 g/mol. The van der Waals surface area contributed by atoms with Crippen LogP contribution in [0.4, 0.5) is 0 Å². The van der Waals surface area contributed by atoms with E-state index in [4.69, 9.17) is 9.47 Å². The van der Waals surface area contributed by atoms with Gasteiger partial charge in [-0.2, -0.15) is 0 Å². The highest BCUT2D eigenvalue weighted by molar-refractivity contribution is 5.79. The molecule has 18 heavy (non-hydrogen) atoms. The van der Waals surface area contributed by atoms with Crippen molar-refractivity contribution >= 4 is 5.97 Å². The predicted molar refractivity (Wildman–Crippen MR) is 64.6 cm³/mol. The summed E-state index contributed by atoms with van der Waals surface area (Å²) in [7, 11) is 0. The number of carbonyl (C=O) groups is 1. The van der Waals surface area contributed by atoms with Gasteiger partial charge in [0.25, 0.3) is 0 Å². The number of carboxylic acids is 1. The zero-order valence-electron chi connectivity index (χ0n) is 10.3. The normalized spacial score (nSPS) is 23.8. The summed E-state index contributed by atoms with van der Waals surface area (Å²) >= 11 is 0. The molecule has 0 unspecified atom stereocenters. The van der Waals surface area contributed by atoms with Crippen molar-refractivity contribution in [3.8, 4) is 0 Å². The first kappa shape index (κ1) is 11.7. The Morgan fingerprint density at radius 1 is 1.17 bits per heavy atom. The molecule has 4 heteroatoms. The van der Waals surface area contributed by atoms with Crippen LogP contribution in [0.15, 0.2) is 24.3 Å². The summed E-state index contributed by atoms with van der Waals surface area (Å²) in [6.07, 6.45) is 0. The highest BCUT2D eigenvalue weighted by atomic mass is 16.5. The maximum absolute atomic E-state index is 11.7. The van der Waals surface area contributed by atoms with Gasteiger partial charge >= 0.3 is 5.97 Å². The molecule has 0 aromatic heterocycles. The molecule has 2 heterocycles. The smallest absolute Gasteiger partial charge is 0.315 e. The van der Waals surface area contributed by atoms with Gasteiger partial charge < -0.3 is 14.6 Å². The fraction of sp³-hybridized carbons (Fsp3) is 0.500. The molecule has 2 aliphatic heterocycles. The quantitative estimate of drug-likeness (QED) is 0.877. The van der Waals surface area contributed by atoms with Crippen LogP contribution in [0.25, 0.3) is 0 Å². The molecule has 0 atom stereocenters. The summed E-state index contributed by atoms with van der Waals surface area (Å²) in [5.74, 6) is -0.777.